The van der Waals surface area contributed by atoms with Gasteiger partial charge in [0.15, 0.2) is 0 Å². The Morgan fingerprint density at radius 2 is 1.93 bits per heavy atom. The molecule has 2 aromatic rings. The summed E-state index contributed by atoms with van der Waals surface area (Å²) < 4.78 is 5.62. The second-order valence-corrected chi connectivity index (χ2v) is 10.2. The lowest BCUT2D eigenvalue weighted by atomic mass is 10.0. The number of nitrogens with one attached hydrogen (secondary N) is 2. The first-order valence-electron chi connectivity index (χ1n) is 13.4. The normalized spacial score (nSPS) is 17.9. The molecule has 3 rings (SSSR count). The molecule has 218 valence electrons. The van der Waals surface area contributed by atoms with E-state index in [-0.39, 0.29) is 30.3 Å². The van der Waals surface area contributed by atoms with E-state index in [1.54, 1.807) is 19.1 Å². The SMILES string of the molecule is CC(C=O)NC(=O)C(N)C(C)C.C[C@@H](OC(=O)[C@@H]1CCCN(C)N1)c1ccc2ccc(/C=C/CC(=O)O)cc2n1. The summed E-state index contributed by atoms with van der Waals surface area (Å²) in [4.78, 5) is 49.0. The number of carbonyl (C=O) groups is 4. The number of pyridine rings is 1. The van der Waals surface area contributed by atoms with Crippen LogP contribution >= 0.6 is 0 Å². The van der Waals surface area contributed by atoms with E-state index in [0.717, 1.165) is 35.9 Å². The Kier molecular flexibility index (Phi) is 12.9. The number of hydrogen-bond acceptors (Lipinski definition) is 9. The highest BCUT2D eigenvalue weighted by atomic mass is 16.5. The average Bonchev–Trinajstić information content (AvgIpc) is 2.92. The zero-order valence-corrected chi connectivity index (χ0v) is 23.8. The second kappa shape index (κ2) is 15.8. The molecule has 1 aromatic heterocycles. The molecule has 11 nitrogen and oxygen atoms in total. The van der Waals surface area contributed by atoms with Crippen LogP contribution in [0.5, 0.6) is 0 Å². The van der Waals surface area contributed by atoms with Crippen molar-refractivity contribution in [1.29, 1.82) is 0 Å². The Labute approximate surface area is 235 Å². The summed E-state index contributed by atoms with van der Waals surface area (Å²) in [6.45, 7) is 8.05. The Morgan fingerprint density at radius 3 is 2.55 bits per heavy atom. The number of benzene rings is 1. The summed E-state index contributed by atoms with van der Waals surface area (Å²) in [6.07, 6.45) is 5.25. The topological polar surface area (TPSA) is 164 Å². The predicted molar refractivity (Wildman–Crippen MR) is 153 cm³/mol. The van der Waals surface area contributed by atoms with Crippen molar-refractivity contribution in [1.82, 2.24) is 20.7 Å². The Bertz CT molecular complexity index is 1200. The van der Waals surface area contributed by atoms with Crippen LogP contribution in [0.2, 0.25) is 0 Å². The van der Waals surface area contributed by atoms with Crippen molar-refractivity contribution in [3.05, 3.63) is 47.7 Å². The first-order chi connectivity index (χ1) is 18.9. The highest BCUT2D eigenvalue weighted by Gasteiger charge is 2.26. The van der Waals surface area contributed by atoms with E-state index in [1.165, 1.54) is 0 Å². The molecule has 1 amide bonds. The number of hydrogen-bond donors (Lipinski definition) is 4. The summed E-state index contributed by atoms with van der Waals surface area (Å²) in [5.74, 6) is -1.33. The smallest absolute Gasteiger partial charge is 0.325 e. The van der Waals surface area contributed by atoms with Crippen molar-refractivity contribution >= 4 is 41.1 Å². The van der Waals surface area contributed by atoms with Gasteiger partial charge in [-0.1, -0.05) is 44.2 Å². The minimum absolute atomic E-state index is 0.0249. The molecule has 1 aliphatic rings. The number of aromatic nitrogens is 1. The van der Waals surface area contributed by atoms with Gasteiger partial charge in [-0.05, 0) is 50.3 Å². The van der Waals surface area contributed by atoms with Crippen molar-refractivity contribution in [2.45, 2.75) is 71.2 Å². The number of carbonyl (C=O) groups excluding carboxylic acids is 3. The maximum Gasteiger partial charge on any atom is 0.325 e. The summed E-state index contributed by atoms with van der Waals surface area (Å²) in [5, 5.41) is 14.1. The summed E-state index contributed by atoms with van der Waals surface area (Å²) in [7, 11) is 1.91. The number of esters is 1. The predicted octanol–water partition coefficient (Wildman–Crippen LogP) is 2.60. The molecule has 1 fully saturated rings. The van der Waals surface area contributed by atoms with E-state index in [1.807, 2.05) is 63.2 Å². The van der Waals surface area contributed by atoms with E-state index in [0.29, 0.717) is 12.0 Å². The number of rotatable bonds is 10. The molecule has 2 heterocycles. The van der Waals surface area contributed by atoms with Gasteiger partial charge in [0.2, 0.25) is 5.91 Å². The fraction of sp³-hybridized carbons (Fsp3) is 0.483. The average molecular weight is 556 g/mol. The monoisotopic (exact) mass is 555 g/mol. The fourth-order valence-corrected chi connectivity index (χ4v) is 3.85. The number of amides is 1. The van der Waals surface area contributed by atoms with E-state index >= 15 is 0 Å². The van der Waals surface area contributed by atoms with Crippen LogP contribution in [-0.2, 0) is 23.9 Å². The van der Waals surface area contributed by atoms with Gasteiger partial charge in [-0.15, -0.1) is 0 Å². The summed E-state index contributed by atoms with van der Waals surface area (Å²) >= 11 is 0. The zero-order valence-electron chi connectivity index (χ0n) is 23.8. The molecular weight excluding hydrogens is 514 g/mol. The number of nitrogens with zero attached hydrogens (tertiary/aromatic N) is 2. The van der Waals surface area contributed by atoms with Crippen LogP contribution in [0.4, 0.5) is 0 Å². The maximum atomic E-state index is 12.4. The van der Waals surface area contributed by atoms with Crippen LogP contribution in [0.25, 0.3) is 17.0 Å². The molecule has 1 aliphatic heterocycles. The minimum Gasteiger partial charge on any atom is -0.481 e. The van der Waals surface area contributed by atoms with Crippen LogP contribution in [0.1, 0.15) is 64.3 Å². The largest absolute Gasteiger partial charge is 0.481 e. The number of aldehydes is 1. The standard InChI is InChI=1S/C21H25N3O4.C8H16N2O2/c1-14(28-21(27)18-6-4-12-24(2)23-18)17-11-10-16-9-8-15(13-19(16)22-17)5-3-7-20(25)26;1-5(2)7(9)8(12)10-6(3)4-11/h3,5,8-11,13-14,18,23H,4,6-7,12H2,1-2H3,(H,25,26);4-7H,9H2,1-3H3,(H,10,12)/b5-3+;/t14-,18+;/m1./s1. The zero-order chi connectivity index (χ0) is 29.8. The number of hydrazine groups is 1. The summed E-state index contributed by atoms with van der Waals surface area (Å²) in [5.41, 5.74) is 11.0. The third-order valence-electron chi connectivity index (χ3n) is 6.29. The molecule has 5 N–H and O–H groups in total. The third kappa shape index (κ3) is 10.5. The van der Waals surface area contributed by atoms with Crippen LogP contribution in [0, 0.1) is 5.92 Å². The highest BCUT2D eigenvalue weighted by molar-refractivity contribution is 5.84. The van der Waals surface area contributed by atoms with E-state index in [9.17, 15) is 19.2 Å². The van der Waals surface area contributed by atoms with Gasteiger partial charge in [0.05, 0.1) is 29.7 Å². The number of ether oxygens (including phenoxy) is 1. The first kappa shape index (κ1) is 32.5. The van der Waals surface area contributed by atoms with E-state index in [2.05, 4.69) is 15.7 Å². The fourth-order valence-electron chi connectivity index (χ4n) is 3.85. The van der Waals surface area contributed by atoms with Crippen LogP contribution in [0.15, 0.2) is 36.4 Å². The maximum absolute atomic E-state index is 12.4. The number of fused-ring (bicyclic) bond motifs is 1. The van der Waals surface area contributed by atoms with Crippen LogP contribution in [0.3, 0.4) is 0 Å². The number of nitrogens with two attached hydrogens (primary N) is 1. The second-order valence-electron chi connectivity index (χ2n) is 10.2. The minimum atomic E-state index is -0.869. The first-order valence-corrected chi connectivity index (χ1v) is 13.4. The molecule has 0 saturated carbocycles. The van der Waals surface area contributed by atoms with Crippen molar-refractivity contribution in [2.75, 3.05) is 13.6 Å². The van der Waals surface area contributed by atoms with Gasteiger partial charge in [0.1, 0.15) is 18.4 Å². The lowest BCUT2D eigenvalue weighted by Crippen LogP contribution is -2.51. The molecule has 4 atom stereocenters. The molecule has 0 aliphatic carbocycles. The molecule has 1 aromatic carbocycles. The molecule has 40 heavy (non-hydrogen) atoms. The molecule has 0 spiro atoms. The van der Waals surface area contributed by atoms with Gasteiger partial charge in [-0.25, -0.2) is 15.4 Å². The molecule has 0 bridgehead atoms. The Morgan fingerprint density at radius 1 is 1.23 bits per heavy atom. The number of carboxylic acids is 1. The van der Waals surface area contributed by atoms with E-state index in [4.69, 9.17) is 15.6 Å². The van der Waals surface area contributed by atoms with Gasteiger partial charge in [-0.3, -0.25) is 14.4 Å². The highest BCUT2D eigenvalue weighted by Crippen LogP contribution is 2.22. The lowest BCUT2D eigenvalue weighted by Gasteiger charge is -2.30. The van der Waals surface area contributed by atoms with Gasteiger partial charge >= 0.3 is 11.9 Å². The van der Waals surface area contributed by atoms with E-state index < -0.39 is 24.2 Å². The number of aliphatic carboxylic acids is 1. The molecular formula is C29H41N5O6. The number of carboxylic acid groups (broad SMARTS) is 1. The van der Waals surface area contributed by atoms with Crippen molar-refractivity contribution < 1.29 is 29.0 Å². The molecule has 11 heteroatoms. The van der Waals surface area contributed by atoms with Crippen molar-refractivity contribution in [3.63, 3.8) is 0 Å². The van der Waals surface area contributed by atoms with Gasteiger partial charge in [0, 0.05) is 19.0 Å². The Balaban J connectivity index is 0.000000395. The quantitative estimate of drug-likeness (QED) is 0.253. The molecule has 0 radical (unpaired) electrons. The summed E-state index contributed by atoms with van der Waals surface area (Å²) in [6, 6.07) is 8.23. The lowest BCUT2D eigenvalue weighted by molar-refractivity contribution is -0.154. The Hall–Kier alpha value is -3.67. The van der Waals surface area contributed by atoms with Crippen molar-refractivity contribution in [3.8, 4) is 0 Å². The van der Waals surface area contributed by atoms with Gasteiger partial charge < -0.3 is 25.7 Å². The molecule has 2 unspecified atom stereocenters. The van der Waals surface area contributed by atoms with Crippen molar-refractivity contribution in [2.24, 2.45) is 11.7 Å². The van der Waals surface area contributed by atoms with Crippen LogP contribution < -0.4 is 16.5 Å². The van der Waals surface area contributed by atoms with Gasteiger partial charge in [0.25, 0.3) is 0 Å². The third-order valence-corrected chi connectivity index (χ3v) is 6.29. The van der Waals surface area contributed by atoms with Gasteiger partial charge in [-0.2, -0.15) is 0 Å². The van der Waals surface area contributed by atoms with Crippen LogP contribution in [-0.4, -0.2) is 70.9 Å². The molecule has 1 saturated heterocycles.